The number of benzene rings is 1. The number of fused-ring (bicyclic) bond motifs is 1. The Bertz CT molecular complexity index is 856. The summed E-state index contributed by atoms with van der Waals surface area (Å²) in [5.41, 5.74) is -2.64. The summed E-state index contributed by atoms with van der Waals surface area (Å²) in [5.74, 6) is -3.94. The number of aromatic nitrogens is 1. The lowest BCUT2D eigenvalue weighted by atomic mass is 9.99. The number of rotatable bonds is 4. The van der Waals surface area contributed by atoms with Gasteiger partial charge in [-0.2, -0.15) is 0 Å². The van der Waals surface area contributed by atoms with Crippen LogP contribution in [0.15, 0.2) is 16.9 Å². The van der Waals surface area contributed by atoms with Gasteiger partial charge in [-0.15, -0.1) is 0 Å². The van der Waals surface area contributed by atoms with Gasteiger partial charge in [0.25, 0.3) is 0 Å². The number of nitrogens with zero attached hydrogens (tertiary/aromatic N) is 1. The average Bonchev–Trinajstić information content (AvgIpc) is 2.48. The summed E-state index contributed by atoms with van der Waals surface area (Å²) in [6.45, 7) is 3.71. The molecule has 124 valence electrons. The molecule has 7 heteroatoms. The topological polar surface area (TPSA) is 59.3 Å². The molecule has 0 spiro atoms. The zero-order valence-corrected chi connectivity index (χ0v) is 12.9. The zero-order chi connectivity index (χ0) is 17.5. The fourth-order valence-electron chi connectivity index (χ4n) is 2.73. The summed E-state index contributed by atoms with van der Waals surface area (Å²) < 4.78 is 41.9. The van der Waals surface area contributed by atoms with Crippen molar-refractivity contribution in [1.29, 1.82) is 0 Å². The Hall–Kier alpha value is -2.31. The molecule has 4 nitrogen and oxygen atoms in total. The van der Waals surface area contributed by atoms with Crippen molar-refractivity contribution in [3.63, 3.8) is 0 Å². The van der Waals surface area contributed by atoms with Crippen LogP contribution in [0.25, 0.3) is 10.9 Å². The van der Waals surface area contributed by atoms with Gasteiger partial charge in [-0.1, -0.05) is 6.92 Å². The normalized spacial score (nSPS) is 11.9. The van der Waals surface area contributed by atoms with E-state index in [1.807, 2.05) is 0 Å². The van der Waals surface area contributed by atoms with Gasteiger partial charge < -0.3 is 9.67 Å². The third kappa shape index (κ3) is 2.60. The molecule has 23 heavy (non-hydrogen) atoms. The number of carbonyl (C=O) groups is 1. The fourth-order valence-corrected chi connectivity index (χ4v) is 2.73. The maximum atomic E-state index is 13.6. The first-order chi connectivity index (χ1) is 10.7. The van der Waals surface area contributed by atoms with Crippen molar-refractivity contribution in [2.24, 2.45) is 0 Å². The SMILES string of the molecule is CCc1c(C(=O)O)c(=O)c2cc(F)c(F)cc2n1C(C)(C)CF. The number of carboxylic acids is 1. The van der Waals surface area contributed by atoms with E-state index in [2.05, 4.69) is 0 Å². The zero-order valence-electron chi connectivity index (χ0n) is 12.9. The standard InChI is InChI=1S/C16H16F3NO3/c1-4-11-13(15(22)23)14(21)8-5-9(18)10(19)6-12(8)20(11)16(2,3)7-17/h5-6H,4,7H2,1-3H3,(H,22,23). The highest BCUT2D eigenvalue weighted by molar-refractivity contribution is 5.94. The number of alkyl halides is 1. The molecule has 0 fully saturated rings. The molecule has 1 N–H and O–H groups in total. The second kappa shape index (κ2) is 5.72. The second-order valence-corrected chi connectivity index (χ2v) is 5.87. The quantitative estimate of drug-likeness (QED) is 0.938. The van der Waals surface area contributed by atoms with Gasteiger partial charge in [0.05, 0.1) is 11.1 Å². The van der Waals surface area contributed by atoms with Crippen LogP contribution in [0.5, 0.6) is 0 Å². The predicted octanol–water partition coefficient (Wildman–Crippen LogP) is 3.24. The predicted molar refractivity (Wildman–Crippen MR) is 79.8 cm³/mol. The minimum Gasteiger partial charge on any atom is -0.477 e. The Morgan fingerprint density at radius 2 is 1.83 bits per heavy atom. The van der Waals surface area contributed by atoms with Gasteiger partial charge in [-0.05, 0) is 26.3 Å². The smallest absolute Gasteiger partial charge is 0.341 e. The van der Waals surface area contributed by atoms with Crippen LogP contribution in [0, 0.1) is 11.6 Å². The summed E-state index contributed by atoms with van der Waals surface area (Å²) in [6, 6.07) is 1.46. The molecule has 2 aromatic rings. The van der Waals surface area contributed by atoms with Crippen molar-refractivity contribution in [2.75, 3.05) is 6.67 Å². The molecule has 0 unspecified atom stereocenters. The molecule has 0 bridgehead atoms. The lowest BCUT2D eigenvalue weighted by molar-refractivity contribution is 0.0692. The van der Waals surface area contributed by atoms with E-state index in [9.17, 15) is 27.9 Å². The van der Waals surface area contributed by atoms with Gasteiger partial charge in [0.2, 0.25) is 5.43 Å². The maximum absolute atomic E-state index is 13.6. The summed E-state index contributed by atoms with van der Waals surface area (Å²) in [6.07, 6.45) is 0.120. The summed E-state index contributed by atoms with van der Waals surface area (Å²) in [4.78, 5) is 23.9. The number of halogens is 3. The molecule has 0 aliphatic rings. The number of hydrogen-bond donors (Lipinski definition) is 1. The Kier molecular flexibility index (Phi) is 4.24. The molecule has 0 aliphatic carbocycles. The average molecular weight is 327 g/mol. The highest BCUT2D eigenvalue weighted by Crippen LogP contribution is 2.28. The van der Waals surface area contributed by atoms with E-state index in [0.717, 1.165) is 6.07 Å². The Labute approximate surface area is 130 Å². The maximum Gasteiger partial charge on any atom is 0.341 e. The Morgan fingerprint density at radius 3 is 2.30 bits per heavy atom. The number of hydrogen-bond acceptors (Lipinski definition) is 2. The van der Waals surface area contributed by atoms with Gasteiger partial charge in [0.1, 0.15) is 12.2 Å². The minimum atomic E-state index is -1.48. The molecule has 0 atom stereocenters. The highest BCUT2D eigenvalue weighted by Gasteiger charge is 2.30. The minimum absolute atomic E-state index is 0.0293. The number of pyridine rings is 1. The summed E-state index contributed by atoms with van der Waals surface area (Å²) in [5, 5.41) is 9.06. The van der Waals surface area contributed by atoms with E-state index in [0.29, 0.717) is 6.07 Å². The molecular formula is C16H16F3NO3. The monoisotopic (exact) mass is 327 g/mol. The molecular weight excluding hydrogens is 311 g/mol. The molecule has 1 aromatic carbocycles. The van der Waals surface area contributed by atoms with Crippen LogP contribution >= 0.6 is 0 Å². The van der Waals surface area contributed by atoms with Crippen LogP contribution in [-0.4, -0.2) is 22.3 Å². The highest BCUT2D eigenvalue weighted by atomic mass is 19.2. The van der Waals surface area contributed by atoms with Gasteiger partial charge >= 0.3 is 5.97 Å². The molecule has 1 aromatic heterocycles. The largest absolute Gasteiger partial charge is 0.477 e. The Morgan fingerprint density at radius 1 is 1.26 bits per heavy atom. The Balaban J connectivity index is 3.18. The van der Waals surface area contributed by atoms with E-state index in [-0.39, 0.29) is 23.0 Å². The second-order valence-electron chi connectivity index (χ2n) is 5.87. The van der Waals surface area contributed by atoms with E-state index >= 15 is 0 Å². The summed E-state index contributed by atoms with van der Waals surface area (Å²) in [7, 11) is 0. The van der Waals surface area contributed by atoms with Crippen LogP contribution in [0.4, 0.5) is 13.2 Å². The van der Waals surface area contributed by atoms with Crippen LogP contribution in [0.2, 0.25) is 0 Å². The van der Waals surface area contributed by atoms with Crippen molar-refractivity contribution >= 4 is 16.9 Å². The van der Waals surface area contributed by atoms with Crippen molar-refractivity contribution in [3.8, 4) is 0 Å². The van der Waals surface area contributed by atoms with E-state index < -0.39 is 40.8 Å². The van der Waals surface area contributed by atoms with E-state index in [1.165, 1.54) is 18.4 Å². The first kappa shape index (κ1) is 17.1. The van der Waals surface area contributed by atoms with Gasteiger partial charge in [-0.25, -0.2) is 18.0 Å². The third-order valence-electron chi connectivity index (χ3n) is 3.79. The van der Waals surface area contributed by atoms with Crippen molar-refractivity contribution in [3.05, 3.63) is 45.2 Å². The number of aromatic carboxylic acids is 1. The molecule has 0 saturated carbocycles. The first-order valence-electron chi connectivity index (χ1n) is 7.02. The lowest BCUT2D eigenvalue weighted by Crippen LogP contribution is -2.35. The van der Waals surface area contributed by atoms with Crippen LogP contribution < -0.4 is 5.43 Å². The molecule has 0 amide bonds. The van der Waals surface area contributed by atoms with Crippen LogP contribution in [0.1, 0.15) is 36.8 Å². The molecule has 0 aliphatic heterocycles. The molecule has 0 radical (unpaired) electrons. The lowest BCUT2D eigenvalue weighted by Gasteiger charge is -2.31. The van der Waals surface area contributed by atoms with Crippen LogP contribution in [-0.2, 0) is 12.0 Å². The third-order valence-corrected chi connectivity index (χ3v) is 3.79. The number of carboxylic acid groups (broad SMARTS) is 1. The van der Waals surface area contributed by atoms with Gasteiger partial charge in [0.15, 0.2) is 11.6 Å². The van der Waals surface area contributed by atoms with E-state index in [4.69, 9.17) is 0 Å². The molecule has 2 rings (SSSR count). The van der Waals surface area contributed by atoms with Crippen LogP contribution in [0.3, 0.4) is 0 Å². The van der Waals surface area contributed by atoms with E-state index in [1.54, 1.807) is 6.92 Å². The molecule has 0 saturated heterocycles. The van der Waals surface area contributed by atoms with Gasteiger partial charge in [0, 0.05) is 17.1 Å². The first-order valence-corrected chi connectivity index (χ1v) is 7.02. The van der Waals surface area contributed by atoms with Crippen molar-refractivity contribution in [2.45, 2.75) is 32.7 Å². The van der Waals surface area contributed by atoms with Crippen molar-refractivity contribution < 1.29 is 23.1 Å². The summed E-state index contributed by atoms with van der Waals surface area (Å²) >= 11 is 0. The van der Waals surface area contributed by atoms with Gasteiger partial charge in [-0.3, -0.25) is 4.79 Å². The van der Waals surface area contributed by atoms with Crippen molar-refractivity contribution in [1.82, 2.24) is 4.57 Å². The fraction of sp³-hybridized carbons (Fsp3) is 0.375. The molecule has 1 heterocycles.